The van der Waals surface area contributed by atoms with E-state index in [-0.39, 0.29) is 11.7 Å². The molecule has 0 aromatic heterocycles. The molecule has 4 heteroatoms. The van der Waals surface area contributed by atoms with Gasteiger partial charge in [-0.05, 0) is 61.1 Å². The number of phenols is 1. The summed E-state index contributed by atoms with van der Waals surface area (Å²) < 4.78 is 0. The molecule has 2 fully saturated rings. The van der Waals surface area contributed by atoms with Crippen LogP contribution in [0, 0.1) is 23.7 Å². The number of hydrogen-bond donors (Lipinski definition) is 1. The third-order valence-electron chi connectivity index (χ3n) is 5.68. The van der Waals surface area contributed by atoms with Gasteiger partial charge in [-0.15, -0.1) is 0 Å². The Morgan fingerprint density at radius 1 is 1.23 bits per heavy atom. The fraction of sp³-hybridized carbons (Fsp3) is 0.611. The fourth-order valence-corrected chi connectivity index (χ4v) is 5.13. The van der Waals surface area contributed by atoms with Crippen molar-refractivity contribution >= 4 is 29.0 Å². The van der Waals surface area contributed by atoms with Crippen LogP contribution in [-0.4, -0.2) is 10.9 Å². The van der Waals surface area contributed by atoms with Crippen molar-refractivity contribution in [1.29, 1.82) is 0 Å². The van der Waals surface area contributed by atoms with Gasteiger partial charge in [0.25, 0.3) is 0 Å². The molecule has 120 valence electrons. The van der Waals surface area contributed by atoms with E-state index in [0.717, 1.165) is 12.0 Å². The molecule has 3 rings (SSSR count). The van der Waals surface area contributed by atoms with E-state index in [0.29, 0.717) is 46.4 Å². The second-order valence-corrected chi connectivity index (χ2v) is 7.70. The predicted molar refractivity (Wildman–Crippen MR) is 89.6 cm³/mol. The molecule has 1 aromatic rings. The number of Topliss-reactive ketones (excluding diaryl/α,β-unsaturated/α-hetero) is 1. The highest BCUT2D eigenvalue weighted by atomic mass is 35.5. The van der Waals surface area contributed by atoms with Gasteiger partial charge >= 0.3 is 0 Å². The minimum absolute atomic E-state index is 0.0587. The molecule has 2 saturated carbocycles. The van der Waals surface area contributed by atoms with E-state index in [1.165, 1.54) is 25.3 Å². The highest BCUT2D eigenvalue weighted by Gasteiger charge is 2.44. The Balaban J connectivity index is 1.76. The van der Waals surface area contributed by atoms with Gasteiger partial charge in [-0.1, -0.05) is 36.5 Å². The molecule has 1 aromatic carbocycles. The fourth-order valence-electron chi connectivity index (χ4n) is 4.57. The van der Waals surface area contributed by atoms with Crippen LogP contribution in [0.2, 0.25) is 10.0 Å². The molecule has 2 aliphatic carbocycles. The summed E-state index contributed by atoms with van der Waals surface area (Å²) >= 11 is 12.4. The maximum atomic E-state index is 12.5. The van der Waals surface area contributed by atoms with Crippen molar-refractivity contribution in [3.05, 3.63) is 27.7 Å². The predicted octanol–water partition coefficient (Wildman–Crippen LogP) is 5.27. The van der Waals surface area contributed by atoms with Gasteiger partial charge in [0.2, 0.25) is 0 Å². The van der Waals surface area contributed by atoms with Gasteiger partial charge < -0.3 is 5.11 Å². The van der Waals surface area contributed by atoms with Gasteiger partial charge in [0, 0.05) is 17.4 Å². The lowest BCUT2D eigenvalue weighted by Gasteiger charge is -2.37. The average molecular weight is 341 g/mol. The SMILES string of the molecule is CC1CC(=O)C(CCc2c(Cl)ccc(O)c2Cl)C2CCCC12. The maximum absolute atomic E-state index is 12.5. The van der Waals surface area contributed by atoms with Crippen LogP contribution >= 0.6 is 23.2 Å². The van der Waals surface area contributed by atoms with E-state index < -0.39 is 0 Å². The second-order valence-electron chi connectivity index (χ2n) is 6.91. The number of carbonyl (C=O) groups is 1. The van der Waals surface area contributed by atoms with Crippen LogP contribution in [0.1, 0.15) is 44.6 Å². The largest absolute Gasteiger partial charge is 0.506 e. The normalized spacial score (nSPS) is 31.3. The first-order valence-electron chi connectivity index (χ1n) is 8.17. The van der Waals surface area contributed by atoms with Crippen LogP contribution < -0.4 is 0 Å². The van der Waals surface area contributed by atoms with E-state index >= 15 is 0 Å². The quantitative estimate of drug-likeness (QED) is 0.813. The lowest BCUT2D eigenvalue weighted by molar-refractivity contribution is -0.130. The van der Waals surface area contributed by atoms with Gasteiger partial charge in [-0.3, -0.25) is 4.79 Å². The van der Waals surface area contributed by atoms with Crippen molar-refractivity contribution in [2.75, 3.05) is 0 Å². The summed E-state index contributed by atoms with van der Waals surface area (Å²) in [5, 5.41) is 10.6. The summed E-state index contributed by atoms with van der Waals surface area (Å²) in [6.07, 6.45) is 5.84. The van der Waals surface area contributed by atoms with E-state index in [9.17, 15) is 9.90 Å². The molecule has 0 spiro atoms. The first-order chi connectivity index (χ1) is 10.5. The molecule has 4 unspecified atom stereocenters. The van der Waals surface area contributed by atoms with Gasteiger partial charge in [0.05, 0.1) is 5.02 Å². The molecule has 0 amide bonds. The van der Waals surface area contributed by atoms with Gasteiger partial charge in [0.1, 0.15) is 11.5 Å². The third kappa shape index (κ3) is 2.88. The zero-order valence-corrected chi connectivity index (χ0v) is 14.3. The van der Waals surface area contributed by atoms with Crippen LogP contribution in [0.3, 0.4) is 0 Å². The number of benzene rings is 1. The Hall–Kier alpha value is -0.730. The van der Waals surface area contributed by atoms with Crippen molar-refractivity contribution in [3.8, 4) is 5.75 Å². The molecule has 0 saturated heterocycles. The number of ketones is 1. The number of halogens is 2. The first-order valence-corrected chi connectivity index (χ1v) is 8.93. The molecular formula is C18H22Cl2O2. The molecule has 0 bridgehead atoms. The number of fused-ring (bicyclic) bond motifs is 1. The van der Waals surface area contributed by atoms with Crippen molar-refractivity contribution in [3.63, 3.8) is 0 Å². The Labute approximate surface area is 141 Å². The molecule has 4 atom stereocenters. The molecular weight excluding hydrogens is 319 g/mol. The van der Waals surface area contributed by atoms with Crippen molar-refractivity contribution < 1.29 is 9.90 Å². The van der Waals surface area contributed by atoms with Crippen LogP contribution in [-0.2, 0) is 11.2 Å². The van der Waals surface area contributed by atoms with E-state index in [4.69, 9.17) is 23.2 Å². The van der Waals surface area contributed by atoms with Gasteiger partial charge in [0.15, 0.2) is 0 Å². The van der Waals surface area contributed by atoms with Crippen LogP contribution in [0.5, 0.6) is 5.75 Å². The lowest BCUT2D eigenvalue weighted by Crippen LogP contribution is -2.37. The van der Waals surface area contributed by atoms with Crippen LogP contribution in [0.25, 0.3) is 0 Å². The summed E-state index contributed by atoms with van der Waals surface area (Å²) in [5.41, 5.74) is 0.768. The average Bonchev–Trinajstić information content (AvgIpc) is 2.96. The first kappa shape index (κ1) is 16.1. The van der Waals surface area contributed by atoms with Crippen molar-refractivity contribution in [2.45, 2.75) is 45.4 Å². The highest BCUT2D eigenvalue weighted by Crippen LogP contribution is 2.48. The van der Waals surface area contributed by atoms with Crippen molar-refractivity contribution in [2.24, 2.45) is 23.7 Å². The van der Waals surface area contributed by atoms with Gasteiger partial charge in [-0.25, -0.2) is 0 Å². The molecule has 2 aliphatic rings. The zero-order chi connectivity index (χ0) is 15.9. The summed E-state index contributed by atoms with van der Waals surface area (Å²) in [7, 11) is 0. The third-order valence-corrected chi connectivity index (χ3v) is 6.46. The lowest BCUT2D eigenvalue weighted by atomic mass is 9.66. The maximum Gasteiger partial charge on any atom is 0.136 e. The number of hydrogen-bond acceptors (Lipinski definition) is 2. The summed E-state index contributed by atoms with van der Waals surface area (Å²) in [6, 6.07) is 3.18. The number of rotatable bonds is 3. The van der Waals surface area contributed by atoms with Crippen LogP contribution in [0.4, 0.5) is 0 Å². The highest BCUT2D eigenvalue weighted by molar-refractivity contribution is 6.36. The molecule has 1 N–H and O–H groups in total. The smallest absolute Gasteiger partial charge is 0.136 e. The molecule has 2 nitrogen and oxygen atoms in total. The minimum Gasteiger partial charge on any atom is -0.506 e. The molecule has 22 heavy (non-hydrogen) atoms. The number of carbonyl (C=O) groups excluding carboxylic acids is 1. The van der Waals surface area contributed by atoms with E-state index in [1.54, 1.807) is 6.07 Å². The minimum atomic E-state index is 0.0587. The Kier molecular flexibility index (Phi) is 4.70. The number of aromatic hydroxyl groups is 1. The second kappa shape index (κ2) is 6.41. The Bertz CT molecular complexity index is 585. The molecule has 0 heterocycles. The number of phenolic OH excluding ortho intramolecular Hbond substituents is 1. The summed E-state index contributed by atoms with van der Waals surface area (Å²) in [4.78, 5) is 12.5. The van der Waals surface area contributed by atoms with E-state index in [2.05, 4.69) is 6.92 Å². The van der Waals surface area contributed by atoms with Crippen LogP contribution in [0.15, 0.2) is 12.1 Å². The van der Waals surface area contributed by atoms with E-state index in [1.807, 2.05) is 0 Å². The summed E-state index contributed by atoms with van der Waals surface area (Å²) in [5.74, 6) is 2.37. The standard InChI is InChI=1S/C18H22Cl2O2/c1-10-9-17(22)13(12-4-2-3-11(10)12)5-6-14-15(19)7-8-16(21)18(14)20/h7-8,10-13,21H,2-6,9H2,1H3. The zero-order valence-electron chi connectivity index (χ0n) is 12.8. The Morgan fingerprint density at radius 3 is 2.73 bits per heavy atom. The van der Waals surface area contributed by atoms with Gasteiger partial charge in [-0.2, -0.15) is 0 Å². The Morgan fingerprint density at radius 2 is 1.95 bits per heavy atom. The molecule has 0 radical (unpaired) electrons. The monoisotopic (exact) mass is 340 g/mol. The molecule has 0 aliphatic heterocycles. The topological polar surface area (TPSA) is 37.3 Å². The summed E-state index contributed by atoms with van der Waals surface area (Å²) in [6.45, 7) is 2.22. The van der Waals surface area contributed by atoms with Crippen molar-refractivity contribution in [1.82, 2.24) is 0 Å².